The van der Waals surface area contributed by atoms with E-state index in [9.17, 15) is 15.8 Å². The monoisotopic (exact) mass is 981 g/mol. The maximum Gasteiger partial charge on any atom is 0.418 e. The zero-order valence-corrected chi connectivity index (χ0v) is 39.9. The lowest BCUT2D eigenvalue weighted by Crippen LogP contribution is -2.13. The van der Waals surface area contributed by atoms with Crippen molar-refractivity contribution in [1.82, 2.24) is 9.13 Å². The van der Waals surface area contributed by atoms with E-state index < -0.39 is 11.7 Å². The smallest absolute Gasteiger partial charge is 0.309 e. The maximum absolute atomic E-state index is 16.5. The fourth-order valence-electron chi connectivity index (χ4n) is 10.7. The number of hydrogen-bond donors (Lipinski definition) is 0. The van der Waals surface area contributed by atoms with E-state index in [1.165, 1.54) is 6.07 Å². The van der Waals surface area contributed by atoms with Crippen molar-refractivity contribution in [2.24, 2.45) is 0 Å². The van der Waals surface area contributed by atoms with E-state index in [1.807, 2.05) is 114 Å². The average molecular weight is 982 g/mol. The molecule has 0 aliphatic carbocycles. The molecule has 0 aliphatic rings. The zero-order chi connectivity index (χ0) is 52.2. The number of aromatic nitrogens is 2. The molecule has 354 valence electrons. The van der Waals surface area contributed by atoms with Gasteiger partial charge in [0.25, 0.3) is 0 Å². The van der Waals surface area contributed by atoms with Crippen LogP contribution in [-0.4, -0.2) is 9.13 Å². The predicted molar refractivity (Wildman–Crippen MR) is 294 cm³/mol. The third kappa shape index (κ3) is 7.57. The summed E-state index contributed by atoms with van der Waals surface area (Å²) in [4.78, 5) is 7.57. The summed E-state index contributed by atoms with van der Waals surface area (Å²) in [7, 11) is 0. The van der Waals surface area contributed by atoms with Gasteiger partial charge in [0.1, 0.15) is 0 Å². The molecule has 10 aromatic carbocycles. The van der Waals surface area contributed by atoms with Crippen LogP contribution >= 0.6 is 0 Å². The first kappa shape index (κ1) is 46.1. The second kappa shape index (κ2) is 18.3. The van der Waals surface area contributed by atoms with E-state index in [0.29, 0.717) is 116 Å². The quantitative estimate of drug-likeness (QED) is 0.149. The molecule has 0 amide bonds. The third-order valence-corrected chi connectivity index (χ3v) is 14.1. The van der Waals surface area contributed by atoms with E-state index in [1.54, 1.807) is 95.6 Å². The highest BCUT2D eigenvalue weighted by Crippen LogP contribution is 2.47. The largest absolute Gasteiger partial charge is 0.418 e. The molecule has 0 spiro atoms. The van der Waals surface area contributed by atoms with Gasteiger partial charge < -0.3 is 9.13 Å². The normalized spacial score (nSPS) is 11.3. The third-order valence-electron chi connectivity index (χ3n) is 14.1. The second-order valence-electron chi connectivity index (χ2n) is 18.2. The van der Waals surface area contributed by atoms with E-state index >= 15 is 13.2 Å². The van der Waals surface area contributed by atoms with Crippen LogP contribution in [0.5, 0.6) is 0 Å². The summed E-state index contributed by atoms with van der Waals surface area (Å²) in [5, 5.41) is 33.2. The molecule has 0 radical (unpaired) electrons. The molecule has 10 heteroatoms. The van der Waals surface area contributed by atoms with Gasteiger partial charge in [-0.3, -0.25) is 0 Å². The Morgan fingerprint density at radius 2 is 0.763 bits per heavy atom. The van der Waals surface area contributed by atoms with Crippen molar-refractivity contribution in [3.8, 4) is 85.2 Å². The molecule has 2 heterocycles. The lowest BCUT2D eigenvalue weighted by atomic mass is 9.96. The van der Waals surface area contributed by atoms with Gasteiger partial charge in [-0.05, 0) is 135 Å². The van der Waals surface area contributed by atoms with Gasteiger partial charge in [-0.25, -0.2) is 9.69 Å². The van der Waals surface area contributed by atoms with Crippen molar-refractivity contribution < 1.29 is 13.2 Å². The molecule has 0 N–H and O–H groups in total. The van der Waals surface area contributed by atoms with E-state index in [-0.39, 0.29) is 11.4 Å². The van der Waals surface area contributed by atoms with Gasteiger partial charge in [0.05, 0.1) is 87.0 Å². The summed E-state index contributed by atoms with van der Waals surface area (Å²) in [6, 6.07) is 67.6. The molecule has 2 aromatic heterocycles. The molecule has 0 atom stereocenters. The molecule has 0 fully saturated rings. The van der Waals surface area contributed by atoms with Crippen LogP contribution in [0.25, 0.3) is 120 Å². The van der Waals surface area contributed by atoms with Crippen LogP contribution in [-0.2, 0) is 6.18 Å². The van der Waals surface area contributed by atoms with Crippen LogP contribution in [0.2, 0.25) is 0 Å². The molecule has 7 nitrogen and oxygen atoms in total. The molecule has 0 aliphatic heterocycles. The van der Waals surface area contributed by atoms with E-state index in [0.717, 1.165) is 11.1 Å². The van der Waals surface area contributed by atoms with Crippen LogP contribution in [0.4, 0.5) is 24.5 Å². The second-order valence-corrected chi connectivity index (χ2v) is 18.2. The number of alkyl halides is 3. The molecule has 12 rings (SSSR count). The molecule has 0 saturated carbocycles. The SMILES string of the molecule is [C-]#[N+]c1ccccc1-c1ccc2c(c1)c1cc(-c3ccccc3[N+]#[C-])ccc1n2-c1cc(C(F)(F)F)c(-n2c3ccc(-c4ccccc4C#N)cc3c3cc(-c4ccccc4C#N)ccc32)cc1-c1cccc(C#N)c1. The first-order valence-corrected chi connectivity index (χ1v) is 24.0. The fourth-order valence-corrected chi connectivity index (χ4v) is 10.7. The van der Waals surface area contributed by atoms with Gasteiger partial charge in [0.2, 0.25) is 0 Å². The Kier molecular flexibility index (Phi) is 11.1. The van der Waals surface area contributed by atoms with Crippen molar-refractivity contribution in [3.63, 3.8) is 0 Å². The minimum atomic E-state index is -4.93. The van der Waals surface area contributed by atoms with Gasteiger partial charge in [0, 0.05) is 27.1 Å². The van der Waals surface area contributed by atoms with Crippen LogP contribution < -0.4 is 0 Å². The van der Waals surface area contributed by atoms with Crippen LogP contribution in [0.1, 0.15) is 22.3 Å². The van der Waals surface area contributed by atoms with Crippen molar-refractivity contribution in [1.29, 1.82) is 15.8 Å². The lowest BCUT2D eigenvalue weighted by molar-refractivity contribution is -0.137. The minimum Gasteiger partial charge on any atom is -0.309 e. The summed E-state index contributed by atoms with van der Waals surface area (Å²) >= 11 is 0. The number of hydrogen-bond acceptors (Lipinski definition) is 3. The highest BCUT2D eigenvalue weighted by Gasteiger charge is 2.37. The summed E-state index contributed by atoms with van der Waals surface area (Å²) in [6.07, 6.45) is -4.93. The van der Waals surface area contributed by atoms with E-state index in [2.05, 4.69) is 27.9 Å². The number of fused-ring (bicyclic) bond motifs is 6. The number of nitrogens with zero attached hydrogens (tertiary/aromatic N) is 7. The van der Waals surface area contributed by atoms with Crippen LogP contribution in [0.15, 0.2) is 206 Å². The Morgan fingerprint density at radius 1 is 0.368 bits per heavy atom. The van der Waals surface area contributed by atoms with Gasteiger partial charge in [0.15, 0.2) is 11.4 Å². The molecule has 76 heavy (non-hydrogen) atoms. The van der Waals surface area contributed by atoms with Crippen molar-refractivity contribution in [3.05, 3.63) is 251 Å². The van der Waals surface area contributed by atoms with Crippen LogP contribution in [0.3, 0.4) is 0 Å². The zero-order valence-electron chi connectivity index (χ0n) is 39.9. The Balaban J connectivity index is 1.19. The van der Waals surface area contributed by atoms with E-state index in [4.69, 9.17) is 13.1 Å². The highest BCUT2D eigenvalue weighted by molar-refractivity contribution is 6.14. The number of benzene rings is 10. The Morgan fingerprint density at radius 3 is 1.18 bits per heavy atom. The molecular weight excluding hydrogens is 948 g/mol. The average Bonchev–Trinajstić information content (AvgIpc) is 4.14. The first-order chi connectivity index (χ1) is 37.1. The Hall–Kier alpha value is -11.0. The predicted octanol–water partition coefficient (Wildman–Crippen LogP) is 18.0. The molecule has 12 aromatic rings. The molecule has 0 unspecified atom stereocenters. The fraction of sp³-hybridized carbons (Fsp3) is 0.0152. The Bertz CT molecular complexity index is 4420. The number of halogens is 3. The standard InChI is InChI=1S/C66H34F3N7/c1-73-58-20-9-7-18-50(58)44-24-28-60-55(33-44)56-34-45(51-19-8-10-21-59(51)74-2)25-29-61(56)75(60)64-36-57(66(67,68)69)65(35-52(64)41-15-11-12-40(30-41)37-70)76-62-26-22-42(48-16-5-3-13-46(48)38-71)31-53(62)54-32-43(23-27-63(54)76)49-17-6-4-14-47(49)39-72/h3-36H. The lowest BCUT2D eigenvalue weighted by Gasteiger charge is -2.22. The first-order valence-electron chi connectivity index (χ1n) is 24.0. The molecular formula is C66H34F3N7. The number of para-hydroxylation sites is 2. The minimum absolute atomic E-state index is 0.166. The summed E-state index contributed by atoms with van der Waals surface area (Å²) < 4.78 is 53.0. The van der Waals surface area contributed by atoms with Gasteiger partial charge in [-0.1, -0.05) is 121 Å². The van der Waals surface area contributed by atoms with Crippen LogP contribution in [0, 0.1) is 47.1 Å². The molecule has 0 saturated heterocycles. The maximum atomic E-state index is 16.5. The Labute approximate surface area is 433 Å². The molecule has 0 bridgehead atoms. The van der Waals surface area contributed by atoms with Crippen molar-refractivity contribution in [2.45, 2.75) is 6.18 Å². The summed E-state index contributed by atoms with van der Waals surface area (Å²) in [5.74, 6) is 0. The van der Waals surface area contributed by atoms with Gasteiger partial charge in [-0.15, -0.1) is 0 Å². The van der Waals surface area contributed by atoms with Gasteiger partial charge in [-0.2, -0.15) is 29.0 Å². The van der Waals surface area contributed by atoms with Crippen molar-refractivity contribution >= 4 is 55.0 Å². The van der Waals surface area contributed by atoms with Gasteiger partial charge >= 0.3 is 6.18 Å². The number of rotatable bonds is 7. The summed E-state index contributed by atoms with van der Waals surface area (Å²) in [6.45, 7) is 15.9. The topological polar surface area (TPSA) is 89.9 Å². The van der Waals surface area contributed by atoms with Crippen molar-refractivity contribution in [2.75, 3.05) is 0 Å². The number of nitriles is 3. The highest BCUT2D eigenvalue weighted by atomic mass is 19.4. The summed E-state index contributed by atoms with van der Waals surface area (Å²) in [5.41, 5.74) is 9.74.